The number of halogens is 2. The summed E-state index contributed by atoms with van der Waals surface area (Å²) in [7, 11) is -3.15. The average Bonchev–Trinajstić information content (AvgIpc) is 2.64. The number of carbonyl (C=O) groups excluding carboxylic acids is 2. The lowest BCUT2D eigenvalue weighted by Crippen LogP contribution is -2.32. The van der Waals surface area contributed by atoms with Gasteiger partial charge in [-0.15, -0.1) is 0 Å². The molecule has 0 aromatic heterocycles. The lowest BCUT2D eigenvalue weighted by Gasteiger charge is -2.09. The standard InChI is InChI=1S/C17H15F2NO6S/c1-25-12-7-5-11(6-8-12)15(21)10-26-16(22)9-20-27(23,24)17-13(18)3-2-4-14(17)19/h2-8,20H,9-10H2,1H3. The second-order valence-corrected chi connectivity index (χ2v) is 6.89. The van der Waals surface area contributed by atoms with Gasteiger partial charge in [0.25, 0.3) is 0 Å². The molecule has 0 fully saturated rings. The van der Waals surface area contributed by atoms with Crippen LogP contribution in [0.1, 0.15) is 10.4 Å². The molecule has 0 heterocycles. The summed E-state index contributed by atoms with van der Waals surface area (Å²) >= 11 is 0. The van der Waals surface area contributed by atoms with Crippen LogP contribution in [0.25, 0.3) is 0 Å². The number of benzene rings is 2. The molecule has 27 heavy (non-hydrogen) atoms. The average molecular weight is 399 g/mol. The van der Waals surface area contributed by atoms with Crippen molar-refractivity contribution in [2.24, 2.45) is 0 Å². The molecule has 7 nitrogen and oxygen atoms in total. The van der Waals surface area contributed by atoms with Crippen LogP contribution in [0.3, 0.4) is 0 Å². The second kappa shape index (κ2) is 8.69. The number of carbonyl (C=O) groups is 2. The van der Waals surface area contributed by atoms with E-state index in [1.807, 2.05) is 0 Å². The SMILES string of the molecule is COc1ccc(C(=O)COC(=O)CNS(=O)(=O)c2c(F)cccc2F)cc1. The van der Waals surface area contributed by atoms with Crippen molar-refractivity contribution in [3.05, 3.63) is 59.7 Å². The van der Waals surface area contributed by atoms with Crippen LogP contribution >= 0.6 is 0 Å². The minimum Gasteiger partial charge on any atom is -0.497 e. The molecular formula is C17H15F2NO6S. The fourth-order valence-corrected chi connectivity index (χ4v) is 3.12. The molecule has 2 aromatic carbocycles. The number of rotatable bonds is 8. The van der Waals surface area contributed by atoms with Crippen LogP contribution in [-0.4, -0.2) is 40.4 Å². The Labute approximate surface area is 154 Å². The normalized spacial score (nSPS) is 11.1. The Balaban J connectivity index is 1.91. The highest BCUT2D eigenvalue weighted by molar-refractivity contribution is 7.89. The zero-order valence-electron chi connectivity index (χ0n) is 14.1. The van der Waals surface area contributed by atoms with E-state index in [1.165, 1.54) is 19.2 Å². The largest absolute Gasteiger partial charge is 0.497 e. The van der Waals surface area contributed by atoms with E-state index in [4.69, 9.17) is 4.74 Å². The smallest absolute Gasteiger partial charge is 0.321 e. The Hall–Kier alpha value is -2.85. The topological polar surface area (TPSA) is 98.8 Å². The van der Waals surface area contributed by atoms with Gasteiger partial charge in [0.15, 0.2) is 17.3 Å². The van der Waals surface area contributed by atoms with Crippen LogP contribution in [0.5, 0.6) is 5.75 Å². The third-order valence-electron chi connectivity index (χ3n) is 3.37. The van der Waals surface area contributed by atoms with Crippen molar-refractivity contribution in [3.63, 3.8) is 0 Å². The van der Waals surface area contributed by atoms with E-state index < -0.39 is 51.5 Å². The van der Waals surface area contributed by atoms with E-state index in [2.05, 4.69) is 4.74 Å². The predicted molar refractivity (Wildman–Crippen MR) is 89.8 cm³/mol. The minimum atomic E-state index is -4.61. The molecule has 0 aliphatic heterocycles. The van der Waals surface area contributed by atoms with Gasteiger partial charge in [-0.25, -0.2) is 17.2 Å². The lowest BCUT2D eigenvalue weighted by molar-refractivity contribution is -0.141. The second-order valence-electron chi connectivity index (χ2n) is 5.19. The van der Waals surface area contributed by atoms with E-state index in [0.29, 0.717) is 5.75 Å². The van der Waals surface area contributed by atoms with E-state index in [0.717, 1.165) is 18.2 Å². The molecule has 0 aliphatic carbocycles. The number of ether oxygens (including phenoxy) is 2. The number of hydrogen-bond donors (Lipinski definition) is 1. The number of sulfonamides is 1. The number of esters is 1. The van der Waals surface area contributed by atoms with Gasteiger partial charge in [0.1, 0.15) is 23.9 Å². The number of Topliss-reactive ketones (excluding diaryl/α,β-unsaturated/α-hetero) is 1. The van der Waals surface area contributed by atoms with Gasteiger partial charge in [0.2, 0.25) is 10.0 Å². The van der Waals surface area contributed by atoms with Gasteiger partial charge >= 0.3 is 5.97 Å². The molecular weight excluding hydrogens is 384 g/mol. The molecule has 0 bridgehead atoms. The number of hydrogen-bond acceptors (Lipinski definition) is 6. The zero-order valence-corrected chi connectivity index (χ0v) is 14.9. The van der Waals surface area contributed by atoms with Crippen molar-refractivity contribution < 1.29 is 36.3 Å². The first-order chi connectivity index (χ1) is 12.7. The van der Waals surface area contributed by atoms with Gasteiger partial charge in [-0.1, -0.05) is 6.07 Å². The molecule has 0 amide bonds. The van der Waals surface area contributed by atoms with E-state index in [1.54, 1.807) is 16.9 Å². The number of methoxy groups -OCH3 is 1. The molecule has 0 aliphatic rings. The lowest BCUT2D eigenvalue weighted by atomic mass is 10.1. The highest BCUT2D eigenvalue weighted by atomic mass is 32.2. The number of ketones is 1. The maximum atomic E-state index is 13.5. The number of nitrogens with one attached hydrogen (secondary N) is 1. The van der Waals surface area contributed by atoms with Crippen LogP contribution in [0.2, 0.25) is 0 Å². The summed E-state index contributed by atoms with van der Waals surface area (Å²) in [6, 6.07) is 8.57. The van der Waals surface area contributed by atoms with Gasteiger partial charge in [0.05, 0.1) is 7.11 Å². The van der Waals surface area contributed by atoms with Crippen LogP contribution in [0.15, 0.2) is 47.4 Å². The molecule has 144 valence electrons. The summed E-state index contributed by atoms with van der Waals surface area (Å²) in [6.07, 6.45) is 0. The van der Waals surface area contributed by atoms with Crippen LogP contribution < -0.4 is 9.46 Å². The van der Waals surface area contributed by atoms with Crippen molar-refractivity contribution in [3.8, 4) is 5.75 Å². The quantitative estimate of drug-likeness (QED) is 0.536. The summed E-state index contributed by atoms with van der Waals surface area (Å²) < 4.78 is 62.3. The Morgan fingerprint density at radius 3 is 2.19 bits per heavy atom. The van der Waals surface area contributed by atoms with Crippen LogP contribution in [0.4, 0.5) is 8.78 Å². The molecule has 1 N–H and O–H groups in total. The Bertz CT molecular complexity index is 924. The van der Waals surface area contributed by atoms with Gasteiger partial charge in [-0.05, 0) is 36.4 Å². The molecule has 0 atom stereocenters. The monoisotopic (exact) mass is 399 g/mol. The molecule has 2 aromatic rings. The maximum absolute atomic E-state index is 13.5. The molecule has 0 saturated carbocycles. The third kappa shape index (κ3) is 5.31. The molecule has 0 saturated heterocycles. The predicted octanol–water partition coefficient (Wildman–Crippen LogP) is 1.68. The Morgan fingerprint density at radius 2 is 1.63 bits per heavy atom. The molecule has 2 rings (SSSR count). The molecule has 10 heteroatoms. The Morgan fingerprint density at radius 1 is 1.04 bits per heavy atom. The summed E-state index contributed by atoms with van der Waals surface area (Å²) in [5.41, 5.74) is 0.262. The van der Waals surface area contributed by atoms with Gasteiger partial charge < -0.3 is 9.47 Å². The summed E-state index contributed by atoms with van der Waals surface area (Å²) in [6.45, 7) is -1.52. The zero-order chi connectivity index (χ0) is 20.0. The fraction of sp³-hybridized carbons (Fsp3) is 0.176. The van der Waals surface area contributed by atoms with Crippen LogP contribution in [0, 0.1) is 11.6 Å². The van der Waals surface area contributed by atoms with Crippen molar-refractivity contribution in [1.82, 2.24) is 4.72 Å². The highest BCUT2D eigenvalue weighted by Crippen LogP contribution is 2.17. The van der Waals surface area contributed by atoms with Gasteiger partial charge in [-0.3, -0.25) is 9.59 Å². The minimum absolute atomic E-state index is 0.262. The fourth-order valence-electron chi connectivity index (χ4n) is 2.02. The Kier molecular flexibility index (Phi) is 6.59. The van der Waals surface area contributed by atoms with E-state index in [-0.39, 0.29) is 5.56 Å². The first-order valence-corrected chi connectivity index (χ1v) is 8.99. The summed E-state index contributed by atoms with van der Waals surface area (Å²) in [4.78, 5) is 22.3. The van der Waals surface area contributed by atoms with E-state index >= 15 is 0 Å². The summed E-state index contributed by atoms with van der Waals surface area (Å²) in [5, 5.41) is 0. The molecule has 0 radical (unpaired) electrons. The highest BCUT2D eigenvalue weighted by Gasteiger charge is 2.24. The first kappa shape index (κ1) is 20.5. The van der Waals surface area contributed by atoms with Gasteiger partial charge in [0, 0.05) is 5.56 Å². The summed E-state index contributed by atoms with van der Waals surface area (Å²) in [5.74, 6) is -3.67. The van der Waals surface area contributed by atoms with Crippen molar-refractivity contribution in [2.75, 3.05) is 20.3 Å². The van der Waals surface area contributed by atoms with Crippen molar-refractivity contribution in [1.29, 1.82) is 0 Å². The van der Waals surface area contributed by atoms with Crippen molar-refractivity contribution >= 4 is 21.8 Å². The van der Waals surface area contributed by atoms with E-state index in [9.17, 15) is 26.8 Å². The van der Waals surface area contributed by atoms with Crippen LogP contribution in [-0.2, 0) is 19.6 Å². The van der Waals surface area contributed by atoms with Crippen molar-refractivity contribution in [2.45, 2.75) is 4.90 Å². The van der Waals surface area contributed by atoms with Gasteiger partial charge in [-0.2, -0.15) is 4.72 Å². The first-order valence-electron chi connectivity index (χ1n) is 7.51. The third-order valence-corrected chi connectivity index (χ3v) is 4.82. The molecule has 0 spiro atoms. The molecule has 0 unspecified atom stereocenters. The maximum Gasteiger partial charge on any atom is 0.321 e.